The van der Waals surface area contributed by atoms with E-state index >= 15 is 0 Å². The third kappa shape index (κ3) is 5.82. The molecular formula is C22H30FNOS2. The second-order valence-electron chi connectivity index (χ2n) is 6.66. The summed E-state index contributed by atoms with van der Waals surface area (Å²) >= 11 is 3.33. The SMILES string of the molecule is CCCC.CC[C@@H]1CSc2cc(O)c(SC)cc2N(c2ccc(F)cc2)C1. The Bertz CT molecular complexity index is 719. The number of rotatable bonds is 4. The first-order valence-electron chi connectivity index (χ1n) is 9.60. The second kappa shape index (κ2) is 10.9. The average molecular weight is 408 g/mol. The minimum absolute atomic E-state index is 0.222. The molecule has 2 nitrogen and oxygen atoms in total. The minimum atomic E-state index is -0.222. The van der Waals surface area contributed by atoms with E-state index in [1.165, 1.54) is 36.7 Å². The number of fused-ring (bicyclic) bond motifs is 1. The highest BCUT2D eigenvalue weighted by molar-refractivity contribution is 7.99. The first kappa shape index (κ1) is 22.0. The van der Waals surface area contributed by atoms with Crippen LogP contribution < -0.4 is 4.90 Å². The first-order valence-corrected chi connectivity index (χ1v) is 11.8. The van der Waals surface area contributed by atoms with Crippen molar-refractivity contribution in [1.82, 2.24) is 0 Å². The Balaban J connectivity index is 0.000000596. The molecular weight excluding hydrogens is 377 g/mol. The van der Waals surface area contributed by atoms with E-state index in [0.29, 0.717) is 11.7 Å². The minimum Gasteiger partial charge on any atom is -0.507 e. The number of unbranched alkanes of at least 4 members (excludes halogenated alkanes) is 1. The van der Waals surface area contributed by atoms with Crippen molar-refractivity contribution in [2.75, 3.05) is 23.5 Å². The van der Waals surface area contributed by atoms with Crippen LogP contribution in [0, 0.1) is 11.7 Å². The van der Waals surface area contributed by atoms with Gasteiger partial charge in [-0.25, -0.2) is 4.39 Å². The molecule has 2 aromatic carbocycles. The molecule has 0 spiro atoms. The highest BCUT2D eigenvalue weighted by atomic mass is 32.2. The van der Waals surface area contributed by atoms with Crippen LogP contribution in [0.15, 0.2) is 46.2 Å². The molecule has 0 aromatic heterocycles. The zero-order valence-corrected chi connectivity index (χ0v) is 18.3. The van der Waals surface area contributed by atoms with Gasteiger partial charge in [0.25, 0.3) is 0 Å². The van der Waals surface area contributed by atoms with Crippen LogP contribution in [-0.2, 0) is 0 Å². The standard InChI is InChI=1S/C18H20FNOS2.C4H10/c1-3-12-10-20(14-6-4-13(19)5-7-14)15-8-18(22-2)16(21)9-17(15)23-11-12;1-3-4-2/h4-9,12,21H,3,10-11H2,1-2H3;3-4H2,1-2H3/t12-;/m0./s1. The van der Waals surface area contributed by atoms with E-state index in [0.717, 1.165) is 39.9 Å². The van der Waals surface area contributed by atoms with Crippen molar-refractivity contribution in [2.45, 2.75) is 49.8 Å². The molecule has 1 aliphatic heterocycles. The molecule has 148 valence electrons. The molecule has 1 atom stereocenters. The van der Waals surface area contributed by atoms with Crippen molar-refractivity contribution in [3.8, 4) is 5.75 Å². The summed E-state index contributed by atoms with van der Waals surface area (Å²) in [4.78, 5) is 4.20. The molecule has 0 aliphatic carbocycles. The highest BCUT2D eigenvalue weighted by Gasteiger charge is 2.24. The van der Waals surface area contributed by atoms with Crippen LogP contribution in [0.5, 0.6) is 5.75 Å². The molecule has 0 saturated heterocycles. The first-order chi connectivity index (χ1) is 13.0. The molecule has 0 radical (unpaired) electrons. The molecule has 2 aromatic rings. The van der Waals surface area contributed by atoms with Crippen LogP contribution in [0.3, 0.4) is 0 Å². The Hall–Kier alpha value is -1.33. The number of nitrogens with zero attached hydrogens (tertiary/aromatic N) is 1. The van der Waals surface area contributed by atoms with E-state index in [-0.39, 0.29) is 5.82 Å². The molecule has 0 bridgehead atoms. The third-order valence-corrected chi connectivity index (χ3v) is 6.73. The second-order valence-corrected chi connectivity index (χ2v) is 8.57. The number of aromatic hydroxyl groups is 1. The van der Waals surface area contributed by atoms with Crippen molar-refractivity contribution >= 4 is 34.9 Å². The summed E-state index contributed by atoms with van der Waals surface area (Å²) in [6.07, 6.45) is 5.70. The fraction of sp³-hybridized carbons (Fsp3) is 0.455. The molecule has 1 N–H and O–H groups in total. The summed E-state index contributed by atoms with van der Waals surface area (Å²) in [6.45, 7) is 7.47. The third-order valence-electron chi connectivity index (χ3n) is 4.68. The quantitative estimate of drug-likeness (QED) is 0.536. The van der Waals surface area contributed by atoms with Crippen LogP contribution in [0.25, 0.3) is 0 Å². The van der Waals surface area contributed by atoms with E-state index in [9.17, 15) is 9.50 Å². The van der Waals surface area contributed by atoms with Crippen molar-refractivity contribution in [3.05, 3.63) is 42.2 Å². The summed E-state index contributed by atoms with van der Waals surface area (Å²) in [7, 11) is 0. The Kier molecular flexibility index (Phi) is 8.84. The van der Waals surface area contributed by atoms with Gasteiger partial charge in [0.05, 0.1) is 10.6 Å². The summed E-state index contributed by atoms with van der Waals surface area (Å²) in [5.74, 6) is 1.69. The van der Waals surface area contributed by atoms with Crippen molar-refractivity contribution in [2.24, 2.45) is 5.92 Å². The number of thioether (sulfide) groups is 2. The number of benzene rings is 2. The highest BCUT2D eigenvalue weighted by Crippen LogP contribution is 2.44. The smallest absolute Gasteiger partial charge is 0.130 e. The van der Waals surface area contributed by atoms with Gasteiger partial charge in [0.15, 0.2) is 0 Å². The molecule has 0 saturated carbocycles. The lowest BCUT2D eigenvalue weighted by Gasteiger charge is -2.27. The van der Waals surface area contributed by atoms with Crippen molar-refractivity contribution in [1.29, 1.82) is 0 Å². The molecule has 5 heteroatoms. The van der Waals surface area contributed by atoms with Gasteiger partial charge >= 0.3 is 0 Å². The maximum Gasteiger partial charge on any atom is 0.130 e. The molecule has 3 rings (SSSR count). The van der Waals surface area contributed by atoms with Gasteiger partial charge in [0.1, 0.15) is 11.6 Å². The monoisotopic (exact) mass is 407 g/mol. The maximum atomic E-state index is 13.3. The zero-order chi connectivity index (χ0) is 19.8. The van der Waals surface area contributed by atoms with E-state index in [2.05, 4.69) is 25.7 Å². The summed E-state index contributed by atoms with van der Waals surface area (Å²) in [6, 6.07) is 10.6. The number of hydrogen-bond acceptors (Lipinski definition) is 4. The van der Waals surface area contributed by atoms with Crippen LogP contribution in [0.1, 0.15) is 40.0 Å². The topological polar surface area (TPSA) is 23.5 Å². The fourth-order valence-electron chi connectivity index (χ4n) is 2.76. The van der Waals surface area contributed by atoms with Crippen LogP contribution >= 0.6 is 23.5 Å². The normalized spacial score (nSPS) is 16.2. The summed E-state index contributed by atoms with van der Waals surface area (Å²) in [5, 5.41) is 10.2. The Morgan fingerprint density at radius 2 is 1.81 bits per heavy atom. The van der Waals surface area contributed by atoms with E-state index in [1.54, 1.807) is 11.8 Å². The van der Waals surface area contributed by atoms with Gasteiger partial charge in [0, 0.05) is 22.9 Å². The molecule has 0 amide bonds. The van der Waals surface area contributed by atoms with Gasteiger partial charge in [-0.3, -0.25) is 0 Å². The maximum absolute atomic E-state index is 13.3. The average Bonchev–Trinajstić information content (AvgIpc) is 2.87. The predicted octanol–water partition coefficient (Wildman–Crippen LogP) is 7.33. The van der Waals surface area contributed by atoms with E-state index in [1.807, 2.05) is 30.5 Å². The lowest BCUT2D eigenvalue weighted by atomic mass is 10.1. The molecule has 1 aliphatic rings. The number of phenolic OH excluding ortho intramolecular Hbond substituents is 1. The summed E-state index contributed by atoms with van der Waals surface area (Å²) < 4.78 is 13.3. The Labute approximate surface area is 171 Å². The predicted molar refractivity (Wildman–Crippen MR) is 118 cm³/mol. The number of halogens is 1. The van der Waals surface area contributed by atoms with Gasteiger partial charge in [-0.1, -0.05) is 40.0 Å². The lowest BCUT2D eigenvalue weighted by molar-refractivity contribution is 0.461. The molecule has 0 unspecified atom stereocenters. The van der Waals surface area contributed by atoms with Crippen LogP contribution in [0.2, 0.25) is 0 Å². The van der Waals surface area contributed by atoms with Crippen LogP contribution in [0.4, 0.5) is 15.8 Å². The Morgan fingerprint density at radius 3 is 2.37 bits per heavy atom. The van der Waals surface area contributed by atoms with E-state index < -0.39 is 0 Å². The number of phenols is 1. The largest absolute Gasteiger partial charge is 0.507 e. The van der Waals surface area contributed by atoms with Gasteiger partial charge in [0.2, 0.25) is 0 Å². The molecule has 1 heterocycles. The van der Waals surface area contributed by atoms with Gasteiger partial charge in [-0.2, -0.15) is 0 Å². The van der Waals surface area contributed by atoms with Crippen molar-refractivity contribution < 1.29 is 9.50 Å². The van der Waals surface area contributed by atoms with Crippen LogP contribution in [-0.4, -0.2) is 23.7 Å². The Morgan fingerprint density at radius 1 is 1.15 bits per heavy atom. The summed E-state index contributed by atoms with van der Waals surface area (Å²) in [5.41, 5.74) is 2.09. The fourth-order valence-corrected chi connectivity index (χ4v) is 4.52. The molecule has 27 heavy (non-hydrogen) atoms. The number of anilines is 2. The van der Waals surface area contributed by atoms with Gasteiger partial charge < -0.3 is 10.0 Å². The molecule has 0 fully saturated rings. The number of hydrogen-bond donors (Lipinski definition) is 1. The van der Waals surface area contributed by atoms with Gasteiger partial charge in [-0.15, -0.1) is 23.5 Å². The van der Waals surface area contributed by atoms with E-state index in [4.69, 9.17) is 0 Å². The van der Waals surface area contributed by atoms with Gasteiger partial charge in [-0.05, 0) is 48.6 Å². The van der Waals surface area contributed by atoms with Crippen molar-refractivity contribution in [3.63, 3.8) is 0 Å². The lowest BCUT2D eigenvalue weighted by Crippen LogP contribution is -2.24. The zero-order valence-electron chi connectivity index (χ0n) is 16.7.